The number of alkyl halides is 3. The highest BCUT2D eigenvalue weighted by Crippen LogP contribution is 2.29. The highest BCUT2D eigenvalue weighted by molar-refractivity contribution is 5.31. The van der Waals surface area contributed by atoms with Crippen LogP contribution in [0.3, 0.4) is 0 Å². The van der Waals surface area contributed by atoms with Crippen molar-refractivity contribution in [2.45, 2.75) is 32.5 Å². The van der Waals surface area contributed by atoms with E-state index in [4.69, 9.17) is 4.74 Å². The van der Waals surface area contributed by atoms with Gasteiger partial charge >= 0.3 is 11.9 Å². The van der Waals surface area contributed by atoms with Crippen LogP contribution in [0.1, 0.15) is 23.9 Å². The van der Waals surface area contributed by atoms with Crippen molar-refractivity contribution in [3.63, 3.8) is 0 Å². The van der Waals surface area contributed by atoms with Gasteiger partial charge in [-0.05, 0) is 43.5 Å². The predicted octanol–water partition coefficient (Wildman–Crippen LogP) is 4.39. The van der Waals surface area contributed by atoms with Gasteiger partial charge in [0.1, 0.15) is 11.4 Å². The topological polar surface area (TPSA) is 57.0 Å². The molecule has 1 aromatic carbocycles. The maximum atomic E-state index is 14.0. The summed E-state index contributed by atoms with van der Waals surface area (Å²) in [6, 6.07) is 9.97. The number of aryl methyl sites for hydroxylation is 3. The fraction of sp³-hybridized carbons (Fsp3) is 0.250. The van der Waals surface area contributed by atoms with E-state index >= 15 is 0 Å². The molecule has 2 aromatic heterocycles. The largest absolute Gasteiger partial charge is 0.439 e. The van der Waals surface area contributed by atoms with E-state index in [0.717, 1.165) is 17.8 Å². The first kappa shape index (κ1) is 20.5. The quantitative estimate of drug-likeness (QED) is 0.569. The van der Waals surface area contributed by atoms with E-state index in [9.17, 15) is 22.4 Å². The first-order chi connectivity index (χ1) is 13.8. The van der Waals surface area contributed by atoms with Gasteiger partial charge in [-0.25, -0.2) is 14.2 Å². The zero-order valence-corrected chi connectivity index (χ0v) is 15.4. The Kier molecular flexibility index (Phi) is 5.95. The Balaban J connectivity index is 1.65. The Morgan fingerprint density at radius 1 is 1.03 bits per heavy atom. The molecule has 0 saturated carbocycles. The Morgan fingerprint density at radius 3 is 2.41 bits per heavy atom. The first-order valence-corrected chi connectivity index (χ1v) is 8.83. The van der Waals surface area contributed by atoms with E-state index in [1.54, 1.807) is 31.2 Å². The van der Waals surface area contributed by atoms with Crippen molar-refractivity contribution in [1.82, 2.24) is 14.5 Å². The van der Waals surface area contributed by atoms with Gasteiger partial charge in [-0.2, -0.15) is 18.2 Å². The maximum Gasteiger partial charge on any atom is 0.433 e. The fourth-order valence-corrected chi connectivity index (χ4v) is 2.64. The number of hydrogen-bond acceptors (Lipinski definition) is 4. The monoisotopic (exact) mass is 407 g/mol. The molecule has 0 amide bonds. The van der Waals surface area contributed by atoms with Crippen molar-refractivity contribution in [2.24, 2.45) is 0 Å². The summed E-state index contributed by atoms with van der Waals surface area (Å²) in [5, 5.41) is 0. The SMILES string of the molecule is CCn1cc(F)c(CCc2ccc(Oc3cccc(C(F)(F)F)n3)cc2)nc1=O. The molecule has 0 N–H and O–H groups in total. The summed E-state index contributed by atoms with van der Waals surface area (Å²) in [7, 11) is 0. The molecule has 0 spiro atoms. The van der Waals surface area contributed by atoms with Crippen molar-refractivity contribution in [3.05, 3.63) is 81.9 Å². The van der Waals surface area contributed by atoms with Crippen molar-refractivity contribution in [3.8, 4) is 11.6 Å². The molecular formula is C20H17F4N3O2. The minimum atomic E-state index is -4.55. The molecule has 0 fully saturated rings. The lowest BCUT2D eigenvalue weighted by atomic mass is 10.1. The van der Waals surface area contributed by atoms with Gasteiger partial charge in [0.05, 0.1) is 5.69 Å². The Bertz CT molecular complexity index is 1050. The molecule has 0 saturated heterocycles. The van der Waals surface area contributed by atoms with Crippen LogP contribution in [0.25, 0.3) is 0 Å². The Hall–Kier alpha value is -3.23. The normalized spacial score (nSPS) is 11.5. The van der Waals surface area contributed by atoms with E-state index in [0.29, 0.717) is 18.7 Å². The maximum absolute atomic E-state index is 14.0. The number of hydrogen-bond donors (Lipinski definition) is 0. The molecule has 2 heterocycles. The third-order valence-corrected chi connectivity index (χ3v) is 4.17. The molecule has 0 aliphatic heterocycles. The zero-order valence-electron chi connectivity index (χ0n) is 15.4. The molecule has 0 atom stereocenters. The third-order valence-electron chi connectivity index (χ3n) is 4.17. The van der Waals surface area contributed by atoms with Gasteiger partial charge in [0.2, 0.25) is 5.88 Å². The molecule has 0 bridgehead atoms. The van der Waals surface area contributed by atoms with Crippen molar-refractivity contribution >= 4 is 0 Å². The van der Waals surface area contributed by atoms with Gasteiger partial charge in [0.25, 0.3) is 0 Å². The molecule has 3 aromatic rings. The van der Waals surface area contributed by atoms with E-state index < -0.39 is 23.4 Å². The minimum Gasteiger partial charge on any atom is -0.439 e. The second-order valence-corrected chi connectivity index (χ2v) is 6.21. The minimum absolute atomic E-state index is 0.0909. The number of nitrogens with zero attached hydrogens (tertiary/aromatic N) is 3. The van der Waals surface area contributed by atoms with Crippen LogP contribution in [0.4, 0.5) is 17.6 Å². The zero-order chi connectivity index (χ0) is 21.0. The third kappa shape index (κ3) is 5.18. The number of halogens is 4. The predicted molar refractivity (Wildman–Crippen MR) is 97.3 cm³/mol. The second kappa shape index (κ2) is 8.42. The number of pyridine rings is 1. The summed E-state index contributed by atoms with van der Waals surface area (Å²) in [6.45, 7) is 2.06. The lowest BCUT2D eigenvalue weighted by molar-refractivity contribution is -0.141. The first-order valence-electron chi connectivity index (χ1n) is 8.83. The summed E-state index contributed by atoms with van der Waals surface area (Å²) < 4.78 is 58.7. The molecule has 152 valence electrons. The van der Waals surface area contributed by atoms with Gasteiger partial charge in [-0.15, -0.1) is 0 Å². The second-order valence-electron chi connectivity index (χ2n) is 6.21. The van der Waals surface area contributed by atoms with E-state index in [1.165, 1.54) is 16.7 Å². The van der Waals surface area contributed by atoms with Crippen LogP contribution in [0.15, 0.2) is 53.5 Å². The van der Waals surface area contributed by atoms with Crippen LogP contribution in [-0.2, 0) is 25.6 Å². The number of ether oxygens (including phenoxy) is 1. The summed E-state index contributed by atoms with van der Waals surface area (Å²) in [5.41, 5.74) is -0.615. The lowest BCUT2D eigenvalue weighted by Crippen LogP contribution is -2.24. The van der Waals surface area contributed by atoms with Crippen molar-refractivity contribution in [1.29, 1.82) is 0 Å². The standard InChI is InChI=1S/C20H17F4N3O2/c1-2-27-12-15(21)16(25-19(27)28)11-8-13-6-9-14(10-7-13)29-18-5-3-4-17(26-18)20(22,23)24/h3-7,9-10,12H,2,8,11H2,1H3. The highest BCUT2D eigenvalue weighted by atomic mass is 19.4. The molecule has 0 aliphatic rings. The van der Waals surface area contributed by atoms with Gasteiger partial charge < -0.3 is 4.74 Å². The molecule has 0 unspecified atom stereocenters. The molecule has 5 nitrogen and oxygen atoms in total. The lowest BCUT2D eigenvalue weighted by Gasteiger charge is -2.09. The smallest absolute Gasteiger partial charge is 0.433 e. The van der Waals surface area contributed by atoms with Crippen LogP contribution in [-0.4, -0.2) is 14.5 Å². The summed E-state index contributed by atoms with van der Waals surface area (Å²) >= 11 is 0. The van der Waals surface area contributed by atoms with E-state index in [1.807, 2.05) is 0 Å². The fourth-order valence-electron chi connectivity index (χ4n) is 2.64. The average molecular weight is 407 g/mol. The van der Waals surface area contributed by atoms with Crippen LogP contribution < -0.4 is 10.4 Å². The van der Waals surface area contributed by atoms with Crippen LogP contribution in [0, 0.1) is 5.82 Å². The molecule has 9 heteroatoms. The molecular weight excluding hydrogens is 390 g/mol. The molecule has 3 rings (SSSR count). The van der Waals surface area contributed by atoms with Crippen molar-refractivity contribution in [2.75, 3.05) is 0 Å². The Morgan fingerprint density at radius 2 is 1.76 bits per heavy atom. The summed E-state index contributed by atoms with van der Waals surface area (Å²) in [5.74, 6) is -0.396. The molecule has 0 radical (unpaired) electrons. The summed E-state index contributed by atoms with van der Waals surface area (Å²) in [6.07, 6.45) is -2.74. The van der Waals surface area contributed by atoms with Gasteiger partial charge in [0.15, 0.2) is 5.82 Å². The van der Waals surface area contributed by atoms with Crippen LogP contribution >= 0.6 is 0 Å². The number of aromatic nitrogens is 3. The van der Waals surface area contributed by atoms with Crippen LogP contribution in [0.5, 0.6) is 11.6 Å². The van der Waals surface area contributed by atoms with Gasteiger partial charge in [0, 0.05) is 18.8 Å². The highest BCUT2D eigenvalue weighted by Gasteiger charge is 2.32. The Labute approximate surface area is 163 Å². The average Bonchev–Trinajstić information content (AvgIpc) is 2.69. The van der Waals surface area contributed by atoms with Crippen molar-refractivity contribution < 1.29 is 22.3 Å². The number of rotatable bonds is 6. The van der Waals surface area contributed by atoms with E-state index in [-0.39, 0.29) is 18.0 Å². The summed E-state index contributed by atoms with van der Waals surface area (Å²) in [4.78, 5) is 18.9. The van der Waals surface area contributed by atoms with Gasteiger partial charge in [-0.1, -0.05) is 18.2 Å². The molecule has 0 aliphatic carbocycles. The van der Waals surface area contributed by atoms with Gasteiger partial charge in [-0.3, -0.25) is 4.57 Å². The molecule has 29 heavy (non-hydrogen) atoms. The number of benzene rings is 1. The van der Waals surface area contributed by atoms with E-state index in [2.05, 4.69) is 9.97 Å². The van der Waals surface area contributed by atoms with Crippen LogP contribution in [0.2, 0.25) is 0 Å².